The Hall–Kier alpha value is -4.65. The molecule has 35 heavy (non-hydrogen) atoms. The number of nitrogens with zero attached hydrogens (tertiary/aromatic N) is 2. The number of carboxylic acid groups (broad SMARTS) is 1. The Morgan fingerprint density at radius 3 is 2.51 bits per heavy atom. The van der Waals surface area contributed by atoms with Crippen molar-refractivity contribution in [1.29, 1.82) is 0 Å². The van der Waals surface area contributed by atoms with E-state index >= 15 is 0 Å². The Morgan fingerprint density at radius 1 is 1.00 bits per heavy atom. The number of aromatic carboxylic acids is 1. The molecule has 0 saturated heterocycles. The largest absolute Gasteiger partial charge is 0.478 e. The first-order chi connectivity index (χ1) is 17.0. The van der Waals surface area contributed by atoms with Gasteiger partial charge in [-0.05, 0) is 48.9 Å². The van der Waals surface area contributed by atoms with E-state index in [0.717, 1.165) is 27.7 Å². The zero-order valence-electron chi connectivity index (χ0n) is 19.0. The van der Waals surface area contributed by atoms with Crippen molar-refractivity contribution in [2.75, 3.05) is 0 Å². The van der Waals surface area contributed by atoms with E-state index in [1.165, 1.54) is 12.1 Å². The predicted octanol–water partition coefficient (Wildman–Crippen LogP) is 5.53. The summed E-state index contributed by atoms with van der Waals surface area (Å²) < 4.78 is 7.66. The number of amides is 1. The lowest BCUT2D eigenvalue weighted by Crippen LogP contribution is -2.27. The van der Waals surface area contributed by atoms with Gasteiger partial charge >= 0.3 is 5.97 Å². The van der Waals surface area contributed by atoms with Gasteiger partial charge in [-0.25, -0.2) is 9.78 Å². The smallest absolute Gasteiger partial charge is 0.335 e. The van der Waals surface area contributed by atoms with Gasteiger partial charge in [-0.3, -0.25) is 4.79 Å². The van der Waals surface area contributed by atoms with Gasteiger partial charge in [-0.2, -0.15) is 0 Å². The number of fused-ring (bicyclic) bond motifs is 1. The highest BCUT2D eigenvalue weighted by molar-refractivity contribution is 6.06. The van der Waals surface area contributed by atoms with E-state index in [9.17, 15) is 9.59 Å². The molecule has 0 fully saturated rings. The lowest BCUT2D eigenvalue weighted by atomic mass is 10.0. The van der Waals surface area contributed by atoms with Crippen LogP contribution < -0.4 is 5.32 Å². The molecule has 0 aliphatic heterocycles. The van der Waals surface area contributed by atoms with Crippen molar-refractivity contribution in [2.24, 2.45) is 0 Å². The van der Waals surface area contributed by atoms with Crippen LogP contribution in [0.1, 0.15) is 44.9 Å². The first-order valence-corrected chi connectivity index (χ1v) is 11.2. The molecule has 1 amide bonds. The summed E-state index contributed by atoms with van der Waals surface area (Å²) in [4.78, 5) is 29.0. The SMILES string of the molecule is C[C@H](NC(=O)c1cccc2ccn(Cc3coc(-c4ccccc4)n3)c12)c1ccc(C(=O)O)cc1. The van der Waals surface area contributed by atoms with E-state index in [1.54, 1.807) is 24.5 Å². The third kappa shape index (κ3) is 4.56. The first-order valence-electron chi connectivity index (χ1n) is 11.2. The molecule has 5 rings (SSSR count). The number of para-hydroxylation sites is 1. The molecule has 0 saturated carbocycles. The van der Waals surface area contributed by atoms with Gasteiger partial charge in [0.05, 0.1) is 34.9 Å². The minimum absolute atomic E-state index is 0.207. The number of hydrogen-bond acceptors (Lipinski definition) is 4. The molecule has 3 aromatic carbocycles. The number of carbonyl (C=O) groups excluding carboxylic acids is 1. The van der Waals surface area contributed by atoms with Crippen LogP contribution in [-0.2, 0) is 6.54 Å². The van der Waals surface area contributed by atoms with Gasteiger partial charge in [0.2, 0.25) is 5.89 Å². The van der Waals surface area contributed by atoms with Gasteiger partial charge < -0.3 is 19.4 Å². The van der Waals surface area contributed by atoms with Crippen LogP contribution in [0.25, 0.3) is 22.4 Å². The van der Waals surface area contributed by atoms with Crippen LogP contribution in [-0.4, -0.2) is 26.5 Å². The Balaban J connectivity index is 1.38. The number of benzene rings is 3. The van der Waals surface area contributed by atoms with Crippen molar-refractivity contribution < 1.29 is 19.1 Å². The molecule has 1 atom stereocenters. The molecule has 5 aromatic rings. The molecule has 0 aliphatic rings. The highest BCUT2D eigenvalue weighted by atomic mass is 16.4. The van der Waals surface area contributed by atoms with E-state index < -0.39 is 5.97 Å². The van der Waals surface area contributed by atoms with Crippen molar-refractivity contribution in [3.63, 3.8) is 0 Å². The second kappa shape index (κ2) is 9.30. The Labute approximate surface area is 201 Å². The number of carbonyl (C=O) groups is 2. The fourth-order valence-corrected chi connectivity index (χ4v) is 4.12. The van der Waals surface area contributed by atoms with Gasteiger partial charge in [0.25, 0.3) is 5.91 Å². The van der Waals surface area contributed by atoms with Crippen molar-refractivity contribution in [1.82, 2.24) is 14.9 Å². The molecule has 2 aromatic heterocycles. The average molecular weight is 466 g/mol. The van der Waals surface area contributed by atoms with Gasteiger partial charge in [-0.1, -0.05) is 42.5 Å². The summed E-state index contributed by atoms with van der Waals surface area (Å²) >= 11 is 0. The normalized spacial score (nSPS) is 11.9. The lowest BCUT2D eigenvalue weighted by molar-refractivity contribution is 0.0696. The maximum absolute atomic E-state index is 13.3. The lowest BCUT2D eigenvalue weighted by Gasteiger charge is -2.16. The second-order valence-electron chi connectivity index (χ2n) is 8.32. The molecule has 2 heterocycles. The molecule has 0 radical (unpaired) electrons. The van der Waals surface area contributed by atoms with E-state index in [-0.39, 0.29) is 17.5 Å². The van der Waals surface area contributed by atoms with Crippen molar-refractivity contribution >= 4 is 22.8 Å². The fraction of sp³-hybridized carbons (Fsp3) is 0.107. The van der Waals surface area contributed by atoms with E-state index in [0.29, 0.717) is 18.0 Å². The molecule has 2 N–H and O–H groups in total. The maximum atomic E-state index is 13.3. The van der Waals surface area contributed by atoms with E-state index in [4.69, 9.17) is 9.52 Å². The summed E-state index contributed by atoms with van der Waals surface area (Å²) in [6.07, 6.45) is 3.58. The first kappa shape index (κ1) is 22.2. The number of hydrogen-bond donors (Lipinski definition) is 2. The Bertz CT molecular complexity index is 1500. The monoisotopic (exact) mass is 465 g/mol. The van der Waals surface area contributed by atoms with Gasteiger partial charge in [0.15, 0.2) is 0 Å². The van der Waals surface area contributed by atoms with Crippen molar-refractivity contribution in [2.45, 2.75) is 19.5 Å². The van der Waals surface area contributed by atoms with Gasteiger partial charge in [-0.15, -0.1) is 0 Å². The van der Waals surface area contributed by atoms with Crippen LogP contribution in [0.2, 0.25) is 0 Å². The Morgan fingerprint density at radius 2 is 1.77 bits per heavy atom. The van der Waals surface area contributed by atoms with Crippen LogP contribution in [0, 0.1) is 0 Å². The summed E-state index contributed by atoms with van der Waals surface area (Å²) in [7, 11) is 0. The summed E-state index contributed by atoms with van der Waals surface area (Å²) in [5.41, 5.74) is 4.04. The topological polar surface area (TPSA) is 97.4 Å². The molecule has 0 unspecified atom stereocenters. The minimum Gasteiger partial charge on any atom is -0.478 e. The molecule has 0 spiro atoms. The standard InChI is InChI=1S/C28H23N3O4/c1-18(19-10-12-22(13-11-19)28(33)34)29-26(32)24-9-5-8-20-14-15-31(25(20)24)16-23-17-35-27(30-23)21-6-3-2-4-7-21/h2-15,17-18H,16H2,1H3,(H,29,32)(H,33,34)/t18-/m0/s1. The third-order valence-corrected chi connectivity index (χ3v) is 5.94. The van der Waals surface area contributed by atoms with Gasteiger partial charge in [0, 0.05) is 17.1 Å². The number of nitrogens with one attached hydrogen (secondary N) is 1. The number of carboxylic acids is 1. The van der Waals surface area contributed by atoms with Crippen molar-refractivity contribution in [3.05, 3.63) is 114 Å². The second-order valence-corrected chi connectivity index (χ2v) is 8.32. The Kier molecular flexibility index (Phi) is 5.89. The van der Waals surface area contributed by atoms with E-state index in [1.807, 2.05) is 66.2 Å². The average Bonchev–Trinajstić information content (AvgIpc) is 3.52. The summed E-state index contributed by atoms with van der Waals surface area (Å²) in [6, 6.07) is 23.5. The molecule has 174 valence electrons. The number of aromatic nitrogens is 2. The summed E-state index contributed by atoms with van der Waals surface area (Å²) in [6.45, 7) is 2.32. The predicted molar refractivity (Wildman–Crippen MR) is 132 cm³/mol. The van der Waals surface area contributed by atoms with Crippen LogP contribution in [0.15, 0.2) is 95.7 Å². The van der Waals surface area contributed by atoms with Crippen LogP contribution >= 0.6 is 0 Å². The quantitative estimate of drug-likeness (QED) is 0.329. The van der Waals surface area contributed by atoms with Crippen molar-refractivity contribution in [3.8, 4) is 11.5 Å². The summed E-state index contributed by atoms with van der Waals surface area (Å²) in [5, 5.41) is 13.1. The molecule has 0 aliphatic carbocycles. The highest BCUT2D eigenvalue weighted by Gasteiger charge is 2.18. The zero-order valence-corrected chi connectivity index (χ0v) is 19.0. The summed E-state index contributed by atoms with van der Waals surface area (Å²) in [5.74, 6) is -0.642. The minimum atomic E-state index is -0.983. The van der Waals surface area contributed by atoms with Crippen LogP contribution in [0.3, 0.4) is 0 Å². The number of rotatable bonds is 7. The molecule has 0 bridgehead atoms. The molecular weight excluding hydrogens is 442 g/mol. The van der Waals surface area contributed by atoms with Crippen LogP contribution in [0.4, 0.5) is 0 Å². The fourth-order valence-electron chi connectivity index (χ4n) is 4.12. The molecular formula is C28H23N3O4. The molecule has 7 nitrogen and oxygen atoms in total. The maximum Gasteiger partial charge on any atom is 0.335 e. The highest BCUT2D eigenvalue weighted by Crippen LogP contribution is 2.24. The van der Waals surface area contributed by atoms with Crippen LogP contribution in [0.5, 0.6) is 0 Å². The van der Waals surface area contributed by atoms with E-state index in [2.05, 4.69) is 10.3 Å². The zero-order chi connectivity index (χ0) is 24.4. The number of oxazole rings is 1. The van der Waals surface area contributed by atoms with Gasteiger partial charge in [0.1, 0.15) is 6.26 Å². The third-order valence-electron chi connectivity index (χ3n) is 5.94. The molecule has 7 heteroatoms.